The second-order valence-corrected chi connectivity index (χ2v) is 4.89. The maximum atomic E-state index is 13.0. The van der Waals surface area contributed by atoms with E-state index in [-0.39, 0.29) is 17.7 Å². The maximum Gasteiger partial charge on any atom is 0.314 e. The van der Waals surface area contributed by atoms with Gasteiger partial charge in [0.25, 0.3) is 0 Å². The molecule has 0 radical (unpaired) electrons. The molecule has 1 aliphatic rings. The smallest absolute Gasteiger partial charge is 0.314 e. The zero-order valence-corrected chi connectivity index (χ0v) is 10.5. The molecule has 2 atom stereocenters. The Balaban J connectivity index is 1.97. The molecule has 2 unspecified atom stereocenters. The van der Waals surface area contributed by atoms with Crippen molar-refractivity contribution in [1.82, 2.24) is 14.8 Å². The van der Waals surface area contributed by atoms with Crippen LogP contribution in [0.4, 0.5) is 10.3 Å². The molecule has 0 aliphatic carbocycles. The number of hydrogen-bond donors (Lipinski definition) is 2. The van der Waals surface area contributed by atoms with Crippen molar-refractivity contribution in [2.75, 3.05) is 5.73 Å². The summed E-state index contributed by atoms with van der Waals surface area (Å²) in [6.45, 7) is 0.495. The summed E-state index contributed by atoms with van der Waals surface area (Å²) < 4.78 is 14.5. The van der Waals surface area contributed by atoms with Gasteiger partial charge in [0.05, 0.1) is 6.54 Å². The van der Waals surface area contributed by atoms with Gasteiger partial charge in [-0.25, -0.2) is 9.07 Å². The Kier molecular flexibility index (Phi) is 2.89. The molecule has 0 bridgehead atoms. The lowest BCUT2D eigenvalue weighted by atomic mass is 9.85. The van der Waals surface area contributed by atoms with Crippen LogP contribution < -0.4 is 5.73 Å². The zero-order valence-electron chi connectivity index (χ0n) is 10.5. The van der Waals surface area contributed by atoms with Crippen molar-refractivity contribution in [3.63, 3.8) is 0 Å². The predicted octanol–water partition coefficient (Wildman–Crippen LogP) is 1.36. The van der Waals surface area contributed by atoms with Crippen LogP contribution in [0.3, 0.4) is 0 Å². The summed E-state index contributed by atoms with van der Waals surface area (Å²) in [7, 11) is 0. The molecule has 1 aliphatic heterocycles. The Labute approximate surface area is 114 Å². The Morgan fingerprint density at radius 3 is 2.75 bits per heavy atom. The fourth-order valence-electron chi connectivity index (χ4n) is 2.63. The standard InChI is InChI=1S/C13H13FN4O2/c14-9-3-1-7(2-4-9)8-5-10(12(19)20)11-16-13(15)17-18(11)6-8/h1-4,8,10H,5-6H2,(H2,15,17)(H,19,20). The number of nitrogen functional groups attached to an aromatic ring is 1. The molecule has 3 N–H and O–H groups in total. The molecule has 1 aromatic heterocycles. The Hall–Kier alpha value is -2.44. The average Bonchev–Trinajstić information content (AvgIpc) is 2.78. The molecular formula is C13H13FN4O2. The highest BCUT2D eigenvalue weighted by molar-refractivity contribution is 5.75. The number of benzene rings is 1. The number of carboxylic acid groups (broad SMARTS) is 1. The lowest BCUT2D eigenvalue weighted by molar-refractivity contribution is -0.139. The lowest BCUT2D eigenvalue weighted by Crippen LogP contribution is -2.28. The van der Waals surface area contributed by atoms with Crippen molar-refractivity contribution in [2.24, 2.45) is 0 Å². The molecule has 3 rings (SSSR count). The van der Waals surface area contributed by atoms with E-state index in [1.807, 2.05) is 0 Å². The molecule has 20 heavy (non-hydrogen) atoms. The highest BCUT2D eigenvalue weighted by atomic mass is 19.1. The SMILES string of the molecule is Nc1nc2n(n1)CC(c1ccc(F)cc1)CC2C(=O)O. The van der Waals surface area contributed by atoms with Crippen molar-refractivity contribution in [3.05, 3.63) is 41.5 Å². The molecule has 0 fully saturated rings. The Morgan fingerprint density at radius 2 is 2.10 bits per heavy atom. The van der Waals surface area contributed by atoms with E-state index >= 15 is 0 Å². The molecule has 104 valence electrons. The summed E-state index contributed by atoms with van der Waals surface area (Å²) in [4.78, 5) is 15.4. The molecule has 2 heterocycles. The minimum absolute atomic E-state index is 0.0506. The van der Waals surface area contributed by atoms with Crippen LogP contribution in [0.1, 0.15) is 29.6 Å². The number of nitrogens with two attached hydrogens (primary N) is 1. The summed E-state index contributed by atoms with van der Waals surface area (Å²) in [5, 5.41) is 13.3. The number of fused-ring (bicyclic) bond motifs is 1. The van der Waals surface area contributed by atoms with Gasteiger partial charge in [0.15, 0.2) is 0 Å². The van der Waals surface area contributed by atoms with E-state index in [0.717, 1.165) is 5.56 Å². The predicted molar refractivity (Wildman–Crippen MR) is 68.6 cm³/mol. The Bertz CT molecular complexity index is 653. The normalized spacial score (nSPS) is 21.4. The number of nitrogens with zero attached hydrogens (tertiary/aromatic N) is 3. The minimum atomic E-state index is -0.953. The molecule has 0 amide bonds. The molecular weight excluding hydrogens is 263 g/mol. The third kappa shape index (κ3) is 2.11. The first kappa shape index (κ1) is 12.6. The van der Waals surface area contributed by atoms with E-state index in [4.69, 9.17) is 5.73 Å². The molecule has 1 aromatic carbocycles. The van der Waals surface area contributed by atoms with Crippen LogP contribution in [0, 0.1) is 5.82 Å². The van der Waals surface area contributed by atoms with Crippen molar-refractivity contribution in [2.45, 2.75) is 24.8 Å². The fourth-order valence-corrected chi connectivity index (χ4v) is 2.63. The van der Waals surface area contributed by atoms with E-state index < -0.39 is 11.9 Å². The number of carbonyl (C=O) groups is 1. The first-order valence-corrected chi connectivity index (χ1v) is 6.23. The number of halogens is 1. The van der Waals surface area contributed by atoms with Crippen LogP contribution in [-0.4, -0.2) is 25.8 Å². The van der Waals surface area contributed by atoms with Gasteiger partial charge in [-0.1, -0.05) is 12.1 Å². The third-order valence-corrected chi connectivity index (χ3v) is 3.58. The van der Waals surface area contributed by atoms with Crippen LogP contribution in [0.15, 0.2) is 24.3 Å². The van der Waals surface area contributed by atoms with Crippen molar-refractivity contribution >= 4 is 11.9 Å². The molecule has 0 saturated heterocycles. The molecule has 6 nitrogen and oxygen atoms in total. The van der Waals surface area contributed by atoms with Gasteiger partial charge in [-0.2, -0.15) is 4.98 Å². The van der Waals surface area contributed by atoms with Crippen LogP contribution >= 0.6 is 0 Å². The van der Waals surface area contributed by atoms with Gasteiger partial charge >= 0.3 is 5.97 Å². The first-order chi connectivity index (χ1) is 9.54. The highest BCUT2D eigenvalue weighted by Gasteiger charge is 2.35. The van der Waals surface area contributed by atoms with Gasteiger partial charge in [-0.15, -0.1) is 5.10 Å². The van der Waals surface area contributed by atoms with Crippen LogP contribution in [-0.2, 0) is 11.3 Å². The lowest BCUT2D eigenvalue weighted by Gasteiger charge is -2.27. The van der Waals surface area contributed by atoms with Gasteiger partial charge in [0, 0.05) is 5.92 Å². The Morgan fingerprint density at radius 1 is 1.40 bits per heavy atom. The van der Waals surface area contributed by atoms with Gasteiger partial charge < -0.3 is 10.8 Å². The van der Waals surface area contributed by atoms with Gasteiger partial charge in [-0.3, -0.25) is 4.79 Å². The summed E-state index contributed by atoms with van der Waals surface area (Å²) in [6.07, 6.45) is 0.402. The second-order valence-electron chi connectivity index (χ2n) is 4.89. The van der Waals surface area contributed by atoms with Crippen molar-refractivity contribution in [3.8, 4) is 0 Å². The third-order valence-electron chi connectivity index (χ3n) is 3.58. The van der Waals surface area contributed by atoms with Crippen LogP contribution in [0.5, 0.6) is 0 Å². The van der Waals surface area contributed by atoms with Crippen LogP contribution in [0.25, 0.3) is 0 Å². The molecule has 0 saturated carbocycles. The summed E-state index contributed by atoms with van der Waals surface area (Å²) in [6, 6.07) is 6.08. The van der Waals surface area contributed by atoms with Crippen molar-refractivity contribution in [1.29, 1.82) is 0 Å². The maximum absolute atomic E-state index is 13.0. The number of hydrogen-bond acceptors (Lipinski definition) is 4. The van der Waals surface area contributed by atoms with E-state index in [1.54, 1.807) is 12.1 Å². The van der Waals surface area contributed by atoms with Crippen LogP contribution in [0.2, 0.25) is 0 Å². The largest absolute Gasteiger partial charge is 0.481 e. The zero-order chi connectivity index (χ0) is 14.3. The van der Waals surface area contributed by atoms with E-state index in [0.29, 0.717) is 18.8 Å². The highest BCUT2D eigenvalue weighted by Crippen LogP contribution is 2.35. The topological polar surface area (TPSA) is 94.0 Å². The average molecular weight is 276 g/mol. The monoisotopic (exact) mass is 276 g/mol. The molecule has 7 heteroatoms. The van der Waals surface area contributed by atoms with E-state index in [1.165, 1.54) is 16.8 Å². The number of aromatic nitrogens is 3. The van der Waals surface area contributed by atoms with Gasteiger partial charge in [0.1, 0.15) is 17.6 Å². The fraction of sp³-hybridized carbons (Fsp3) is 0.308. The molecule has 2 aromatic rings. The quantitative estimate of drug-likeness (QED) is 0.863. The van der Waals surface area contributed by atoms with Gasteiger partial charge in [0.2, 0.25) is 5.95 Å². The second kappa shape index (κ2) is 4.59. The van der Waals surface area contributed by atoms with Crippen molar-refractivity contribution < 1.29 is 14.3 Å². The number of aliphatic carboxylic acids is 1. The minimum Gasteiger partial charge on any atom is -0.481 e. The summed E-state index contributed by atoms with van der Waals surface area (Å²) in [5.41, 5.74) is 6.43. The van der Waals surface area contributed by atoms with Gasteiger partial charge in [-0.05, 0) is 24.1 Å². The van der Waals surface area contributed by atoms with E-state index in [2.05, 4.69) is 10.1 Å². The number of anilines is 1. The van der Waals surface area contributed by atoms with E-state index in [9.17, 15) is 14.3 Å². The summed E-state index contributed by atoms with van der Waals surface area (Å²) in [5.74, 6) is -1.61. The summed E-state index contributed by atoms with van der Waals surface area (Å²) >= 11 is 0. The molecule has 0 spiro atoms. The number of rotatable bonds is 2. The number of carboxylic acids is 1. The first-order valence-electron chi connectivity index (χ1n) is 6.23.